The van der Waals surface area contributed by atoms with Crippen LogP contribution < -0.4 is 5.56 Å². The molecule has 3 rings (SSSR count). The highest BCUT2D eigenvalue weighted by molar-refractivity contribution is 7.18. The van der Waals surface area contributed by atoms with E-state index in [1.165, 1.54) is 16.9 Å². The summed E-state index contributed by atoms with van der Waals surface area (Å²) in [4.78, 5) is 19.6. The third-order valence-electron chi connectivity index (χ3n) is 3.93. The molecule has 2 heterocycles. The molecule has 0 aliphatic heterocycles. The fourth-order valence-electron chi connectivity index (χ4n) is 2.99. The van der Waals surface area contributed by atoms with Crippen LogP contribution >= 0.6 is 11.3 Å². The molecule has 1 aliphatic carbocycles. The van der Waals surface area contributed by atoms with Crippen LogP contribution in [0.1, 0.15) is 44.6 Å². The van der Waals surface area contributed by atoms with Gasteiger partial charge in [0.15, 0.2) is 0 Å². The van der Waals surface area contributed by atoms with Gasteiger partial charge in [-0.1, -0.05) is 27.7 Å². The van der Waals surface area contributed by atoms with Crippen LogP contribution in [-0.2, 0) is 19.4 Å². The van der Waals surface area contributed by atoms with Crippen molar-refractivity contribution in [2.75, 3.05) is 0 Å². The zero-order valence-electron chi connectivity index (χ0n) is 12.7. The van der Waals surface area contributed by atoms with Crippen molar-refractivity contribution < 1.29 is 0 Å². The molecular formula is C16H22N2OS. The maximum atomic E-state index is 12.8. The predicted octanol–water partition coefficient (Wildman–Crippen LogP) is 3.63. The molecule has 0 saturated heterocycles. The second kappa shape index (κ2) is 4.69. The van der Waals surface area contributed by atoms with E-state index in [2.05, 4.69) is 32.7 Å². The highest BCUT2D eigenvalue weighted by Crippen LogP contribution is 2.35. The molecule has 2 aromatic heterocycles. The Kier molecular flexibility index (Phi) is 3.24. The third-order valence-corrected chi connectivity index (χ3v) is 5.09. The fraction of sp³-hybridized carbons (Fsp3) is 0.625. The van der Waals surface area contributed by atoms with E-state index < -0.39 is 0 Å². The number of nitrogens with zero attached hydrogens (tertiary/aromatic N) is 2. The van der Waals surface area contributed by atoms with Crippen molar-refractivity contribution in [1.29, 1.82) is 0 Å². The van der Waals surface area contributed by atoms with Crippen molar-refractivity contribution in [3.05, 3.63) is 27.1 Å². The van der Waals surface area contributed by atoms with E-state index in [4.69, 9.17) is 0 Å². The molecule has 0 aromatic carbocycles. The summed E-state index contributed by atoms with van der Waals surface area (Å²) in [5.41, 5.74) is 1.52. The van der Waals surface area contributed by atoms with Crippen LogP contribution in [0.25, 0.3) is 10.2 Å². The van der Waals surface area contributed by atoms with Crippen LogP contribution in [0.4, 0.5) is 0 Å². The number of aryl methyl sites for hydroxylation is 1. The van der Waals surface area contributed by atoms with E-state index >= 15 is 0 Å². The molecule has 4 heteroatoms. The molecule has 0 amide bonds. The van der Waals surface area contributed by atoms with Gasteiger partial charge in [-0.2, -0.15) is 0 Å². The Morgan fingerprint density at radius 1 is 1.45 bits per heavy atom. The molecule has 0 N–H and O–H groups in total. The van der Waals surface area contributed by atoms with Gasteiger partial charge in [-0.15, -0.1) is 11.3 Å². The van der Waals surface area contributed by atoms with Gasteiger partial charge in [0.2, 0.25) is 0 Å². The van der Waals surface area contributed by atoms with Gasteiger partial charge in [0.05, 0.1) is 11.7 Å². The minimum Gasteiger partial charge on any atom is -0.298 e. The van der Waals surface area contributed by atoms with Crippen molar-refractivity contribution in [1.82, 2.24) is 9.55 Å². The molecule has 1 atom stereocenters. The van der Waals surface area contributed by atoms with Crippen LogP contribution in [0, 0.1) is 11.3 Å². The lowest BCUT2D eigenvalue weighted by atomic mass is 9.89. The Labute approximate surface area is 123 Å². The lowest BCUT2D eigenvalue weighted by molar-refractivity contribution is 0.337. The fourth-order valence-corrected chi connectivity index (χ4v) is 4.33. The molecule has 1 unspecified atom stereocenters. The van der Waals surface area contributed by atoms with Gasteiger partial charge in [-0.25, -0.2) is 4.98 Å². The Morgan fingerprint density at radius 3 is 2.90 bits per heavy atom. The Balaban J connectivity index is 2.15. The van der Waals surface area contributed by atoms with Crippen molar-refractivity contribution in [3.63, 3.8) is 0 Å². The lowest BCUT2D eigenvalue weighted by Gasteiger charge is -2.20. The molecule has 0 saturated carbocycles. The molecule has 108 valence electrons. The van der Waals surface area contributed by atoms with Gasteiger partial charge in [0.1, 0.15) is 4.83 Å². The second-order valence-electron chi connectivity index (χ2n) is 7.27. The highest BCUT2D eigenvalue weighted by Gasteiger charge is 2.23. The van der Waals surface area contributed by atoms with Gasteiger partial charge in [0, 0.05) is 11.4 Å². The molecular weight excluding hydrogens is 268 g/mol. The van der Waals surface area contributed by atoms with Gasteiger partial charge < -0.3 is 0 Å². The lowest BCUT2D eigenvalue weighted by Crippen LogP contribution is -2.27. The maximum Gasteiger partial charge on any atom is 0.262 e. The van der Waals surface area contributed by atoms with Crippen molar-refractivity contribution >= 4 is 21.6 Å². The van der Waals surface area contributed by atoms with E-state index in [9.17, 15) is 4.79 Å². The van der Waals surface area contributed by atoms with Crippen molar-refractivity contribution in [2.24, 2.45) is 11.3 Å². The molecule has 20 heavy (non-hydrogen) atoms. The van der Waals surface area contributed by atoms with Gasteiger partial charge in [-0.05, 0) is 36.2 Å². The normalized spacial score (nSPS) is 19.3. The molecule has 0 fully saturated rings. The largest absolute Gasteiger partial charge is 0.298 e. The first kappa shape index (κ1) is 13.8. The summed E-state index contributed by atoms with van der Waals surface area (Å²) < 4.78 is 1.79. The summed E-state index contributed by atoms with van der Waals surface area (Å²) in [5.74, 6) is 0.729. The Morgan fingerprint density at radius 2 is 2.20 bits per heavy atom. The van der Waals surface area contributed by atoms with Crippen molar-refractivity contribution in [3.8, 4) is 0 Å². The summed E-state index contributed by atoms with van der Waals surface area (Å²) in [6.07, 6.45) is 5.05. The maximum absolute atomic E-state index is 12.8. The number of aromatic nitrogens is 2. The number of thiophene rings is 1. The number of rotatable bonds is 1. The van der Waals surface area contributed by atoms with Crippen LogP contribution in [0.2, 0.25) is 0 Å². The quantitative estimate of drug-likeness (QED) is 0.804. The molecule has 0 spiro atoms. The van der Waals surface area contributed by atoms with Crippen LogP contribution in [-0.4, -0.2) is 9.55 Å². The average Bonchev–Trinajstić information content (AvgIpc) is 2.69. The van der Waals surface area contributed by atoms with Crippen LogP contribution in [0.5, 0.6) is 0 Å². The predicted molar refractivity (Wildman–Crippen MR) is 84.5 cm³/mol. The SMILES string of the molecule is CC1CCc2c(sc3ncn(CC(C)(C)C)c(=O)c23)C1. The number of hydrogen-bond acceptors (Lipinski definition) is 3. The van der Waals surface area contributed by atoms with E-state index in [0.29, 0.717) is 0 Å². The first-order chi connectivity index (χ1) is 9.35. The van der Waals surface area contributed by atoms with E-state index in [0.717, 1.165) is 35.5 Å². The Bertz CT molecular complexity index is 706. The minimum atomic E-state index is 0.0871. The summed E-state index contributed by atoms with van der Waals surface area (Å²) in [6, 6.07) is 0. The van der Waals surface area contributed by atoms with Crippen LogP contribution in [0.3, 0.4) is 0 Å². The summed E-state index contributed by atoms with van der Waals surface area (Å²) in [7, 11) is 0. The van der Waals surface area contributed by atoms with Gasteiger partial charge in [-0.3, -0.25) is 9.36 Å². The van der Waals surface area contributed by atoms with E-state index in [1.54, 1.807) is 22.2 Å². The summed E-state index contributed by atoms with van der Waals surface area (Å²) >= 11 is 1.72. The van der Waals surface area contributed by atoms with Gasteiger partial charge >= 0.3 is 0 Å². The smallest absolute Gasteiger partial charge is 0.262 e. The standard InChI is InChI=1S/C16H22N2OS/c1-10-5-6-11-12(7-10)20-14-13(11)15(19)18(9-17-14)8-16(2,3)4/h9-10H,5-8H2,1-4H3. The van der Waals surface area contributed by atoms with Crippen LogP contribution in [0.15, 0.2) is 11.1 Å². The zero-order chi connectivity index (χ0) is 14.5. The molecule has 2 aromatic rings. The zero-order valence-corrected chi connectivity index (χ0v) is 13.5. The summed E-state index contributed by atoms with van der Waals surface area (Å²) in [6.45, 7) is 9.45. The molecule has 0 bridgehead atoms. The number of fused-ring (bicyclic) bond motifs is 3. The van der Waals surface area contributed by atoms with Crippen molar-refractivity contribution in [2.45, 2.75) is 53.5 Å². The first-order valence-corrected chi connectivity index (χ1v) is 8.16. The van der Waals surface area contributed by atoms with E-state index in [1.807, 2.05) is 0 Å². The van der Waals surface area contributed by atoms with Gasteiger partial charge in [0.25, 0.3) is 5.56 Å². The first-order valence-electron chi connectivity index (χ1n) is 7.35. The average molecular weight is 290 g/mol. The topological polar surface area (TPSA) is 34.9 Å². The minimum absolute atomic E-state index is 0.0871. The highest BCUT2D eigenvalue weighted by atomic mass is 32.1. The summed E-state index contributed by atoms with van der Waals surface area (Å²) in [5, 5.41) is 0.892. The Hall–Kier alpha value is -1.16. The molecule has 1 aliphatic rings. The monoisotopic (exact) mass is 290 g/mol. The third kappa shape index (κ3) is 2.41. The second-order valence-corrected chi connectivity index (χ2v) is 8.35. The van der Waals surface area contributed by atoms with E-state index in [-0.39, 0.29) is 11.0 Å². The molecule has 0 radical (unpaired) electrons. The number of hydrogen-bond donors (Lipinski definition) is 0. The molecule has 3 nitrogen and oxygen atoms in total.